The number of alkyl halides is 1. The molecule has 3 heteroatoms. The second kappa shape index (κ2) is 3.76. The predicted octanol–water partition coefficient (Wildman–Crippen LogP) is 2.17. The number of hydrogen-bond acceptors (Lipinski definition) is 2. The molecule has 0 spiro atoms. The zero-order chi connectivity index (χ0) is 8.97. The van der Waals surface area contributed by atoms with E-state index in [0.717, 1.165) is 5.56 Å². The molecule has 0 aliphatic heterocycles. The Morgan fingerprint density at radius 3 is 2.50 bits per heavy atom. The summed E-state index contributed by atoms with van der Waals surface area (Å²) in [5.74, 6) is 0.300. The SMILES string of the molecule is N#Cc1ccc(CCl)c(C#N)c1. The molecule has 0 fully saturated rings. The van der Waals surface area contributed by atoms with Crippen LogP contribution in [-0.4, -0.2) is 0 Å². The Bertz CT molecular complexity index is 371. The first kappa shape index (κ1) is 8.59. The summed E-state index contributed by atoms with van der Waals surface area (Å²) in [4.78, 5) is 0. The highest BCUT2D eigenvalue weighted by Crippen LogP contribution is 2.12. The molecule has 0 atom stereocenters. The van der Waals surface area contributed by atoms with Gasteiger partial charge in [0.1, 0.15) is 0 Å². The molecular formula is C9H5ClN2. The van der Waals surface area contributed by atoms with Crippen LogP contribution in [-0.2, 0) is 5.88 Å². The molecule has 2 nitrogen and oxygen atoms in total. The van der Waals surface area contributed by atoms with Crippen LogP contribution >= 0.6 is 11.6 Å². The third-order valence-corrected chi connectivity index (χ3v) is 1.79. The molecule has 0 heterocycles. The summed E-state index contributed by atoms with van der Waals surface area (Å²) in [6.07, 6.45) is 0. The Hall–Kier alpha value is -1.51. The van der Waals surface area contributed by atoms with Gasteiger partial charge in [0.2, 0.25) is 0 Å². The van der Waals surface area contributed by atoms with Gasteiger partial charge in [-0.25, -0.2) is 0 Å². The van der Waals surface area contributed by atoms with Crippen LogP contribution in [0.1, 0.15) is 16.7 Å². The Balaban J connectivity index is 3.24. The highest BCUT2D eigenvalue weighted by atomic mass is 35.5. The van der Waals surface area contributed by atoms with E-state index in [4.69, 9.17) is 22.1 Å². The fourth-order valence-electron chi connectivity index (χ4n) is 0.867. The highest BCUT2D eigenvalue weighted by molar-refractivity contribution is 6.17. The number of benzene rings is 1. The lowest BCUT2D eigenvalue weighted by atomic mass is 10.1. The largest absolute Gasteiger partial charge is 0.192 e. The van der Waals surface area contributed by atoms with E-state index in [9.17, 15) is 0 Å². The van der Waals surface area contributed by atoms with Gasteiger partial charge in [-0.15, -0.1) is 11.6 Å². The van der Waals surface area contributed by atoms with Gasteiger partial charge in [0.25, 0.3) is 0 Å². The molecule has 0 bridgehead atoms. The second-order valence-electron chi connectivity index (χ2n) is 2.23. The van der Waals surface area contributed by atoms with E-state index < -0.39 is 0 Å². The Morgan fingerprint density at radius 2 is 2.00 bits per heavy atom. The van der Waals surface area contributed by atoms with Crippen LogP contribution in [0.5, 0.6) is 0 Å². The van der Waals surface area contributed by atoms with Crippen molar-refractivity contribution in [1.29, 1.82) is 10.5 Å². The fraction of sp³-hybridized carbons (Fsp3) is 0.111. The number of halogens is 1. The van der Waals surface area contributed by atoms with Crippen molar-refractivity contribution in [2.45, 2.75) is 5.88 Å². The number of nitriles is 2. The van der Waals surface area contributed by atoms with Gasteiger partial charge >= 0.3 is 0 Å². The van der Waals surface area contributed by atoms with E-state index in [1.165, 1.54) is 6.07 Å². The van der Waals surface area contributed by atoms with Crippen LogP contribution in [0.3, 0.4) is 0 Å². The molecule has 0 aliphatic carbocycles. The van der Waals surface area contributed by atoms with Crippen LogP contribution in [0.2, 0.25) is 0 Å². The quantitative estimate of drug-likeness (QED) is 0.616. The molecule has 0 N–H and O–H groups in total. The van der Waals surface area contributed by atoms with E-state index in [1.807, 2.05) is 12.1 Å². The van der Waals surface area contributed by atoms with Crippen LogP contribution in [0.25, 0.3) is 0 Å². The molecule has 58 valence electrons. The third-order valence-electron chi connectivity index (χ3n) is 1.50. The van der Waals surface area contributed by atoms with E-state index in [1.54, 1.807) is 12.1 Å². The molecule has 0 amide bonds. The molecule has 0 unspecified atom stereocenters. The second-order valence-corrected chi connectivity index (χ2v) is 2.50. The molecule has 12 heavy (non-hydrogen) atoms. The first-order valence-electron chi connectivity index (χ1n) is 3.31. The summed E-state index contributed by atoms with van der Waals surface area (Å²) in [6.45, 7) is 0. The van der Waals surface area contributed by atoms with Gasteiger partial charge in [0, 0.05) is 5.88 Å². The van der Waals surface area contributed by atoms with Crippen molar-refractivity contribution in [3.8, 4) is 12.1 Å². The van der Waals surface area contributed by atoms with E-state index in [-0.39, 0.29) is 0 Å². The zero-order valence-corrected chi connectivity index (χ0v) is 6.97. The highest BCUT2D eigenvalue weighted by Gasteiger charge is 2.00. The fourth-order valence-corrected chi connectivity index (χ4v) is 1.10. The van der Waals surface area contributed by atoms with Crippen molar-refractivity contribution in [3.63, 3.8) is 0 Å². The van der Waals surface area contributed by atoms with Crippen LogP contribution in [0, 0.1) is 22.7 Å². The normalized spacial score (nSPS) is 8.58. The van der Waals surface area contributed by atoms with Gasteiger partial charge in [-0.05, 0) is 17.7 Å². The molecule has 0 aliphatic rings. The summed E-state index contributed by atoms with van der Waals surface area (Å²) >= 11 is 5.57. The van der Waals surface area contributed by atoms with Crippen LogP contribution in [0.15, 0.2) is 18.2 Å². The van der Waals surface area contributed by atoms with Gasteiger partial charge in [-0.2, -0.15) is 10.5 Å². The molecule has 1 aromatic carbocycles. The van der Waals surface area contributed by atoms with Crippen molar-refractivity contribution in [3.05, 3.63) is 34.9 Å². The Kier molecular flexibility index (Phi) is 2.69. The van der Waals surface area contributed by atoms with Gasteiger partial charge in [0.15, 0.2) is 0 Å². The summed E-state index contributed by atoms with van der Waals surface area (Å²) in [6, 6.07) is 8.83. The van der Waals surface area contributed by atoms with E-state index >= 15 is 0 Å². The minimum Gasteiger partial charge on any atom is -0.192 e. The van der Waals surface area contributed by atoms with E-state index in [2.05, 4.69) is 0 Å². The van der Waals surface area contributed by atoms with Gasteiger partial charge < -0.3 is 0 Å². The summed E-state index contributed by atoms with van der Waals surface area (Å²) in [5, 5.41) is 17.2. The monoisotopic (exact) mass is 176 g/mol. The maximum absolute atomic E-state index is 8.65. The number of rotatable bonds is 1. The summed E-state index contributed by atoms with van der Waals surface area (Å²) < 4.78 is 0. The topological polar surface area (TPSA) is 47.6 Å². The van der Waals surface area contributed by atoms with Crippen molar-refractivity contribution >= 4 is 11.6 Å². The van der Waals surface area contributed by atoms with Crippen LogP contribution < -0.4 is 0 Å². The molecule has 0 saturated carbocycles. The molecule has 0 saturated heterocycles. The van der Waals surface area contributed by atoms with Crippen molar-refractivity contribution in [1.82, 2.24) is 0 Å². The third kappa shape index (κ3) is 1.56. The molecule has 1 aromatic rings. The van der Waals surface area contributed by atoms with Gasteiger partial charge in [-0.3, -0.25) is 0 Å². The maximum Gasteiger partial charge on any atom is 0.0995 e. The average Bonchev–Trinajstić information content (AvgIpc) is 2.16. The minimum absolute atomic E-state index is 0.300. The van der Waals surface area contributed by atoms with Gasteiger partial charge in [-0.1, -0.05) is 6.07 Å². The van der Waals surface area contributed by atoms with Crippen molar-refractivity contribution in [2.24, 2.45) is 0 Å². The van der Waals surface area contributed by atoms with Crippen molar-refractivity contribution < 1.29 is 0 Å². The molecule has 0 radical (unpaired) electrons. The van der Waals surface area contributed by atoms with E-state index in [0.29, 0.717) is 17.0 Å². The van der Waals surface area contributed by atoms with Crippen molar-refractivity contribution in [2.75, 3.05) is 0 Å². The van der Waals surface area contributed by atoms with Gasteiger partial charge in [0.05, 0.1) is 23.3 Å². The molecular weight excluding hydrogens is 172 g/mol. The number of nitrogens with zero attached hydrogens (tertiary/aromatic N) is 2. The standard InChI is InChI=1S/C9H5ClN2/c10-4-8-2-1-7(5-11)3-9(8)6-12/h1-3H,4H2. The summed E-state index contributed by atoms with van der Waals surface area (Å²) in [7, 11) is 0. The average molecular weight is 177 g/mol. The lowest BCUT2D eigenvalue weighted by Crippen LogP contribution is -1.86. The lowest BCUT2D eigenvalue weighted by molar-refractivity contribution is 1.33. The Labute approximate surface area is 75.6 Å². The first-order chi connectivity index (χ1) is 5.81. The van der Waals surface area contributed by atoms with Crippen LogP contribution in [0.4, 0.5) is 0 Å². The smallest absolute Gasteiger partial charge is 0.0995 e. The maximum atomic E-state index is 8.65. The molecule has 0 aromatic heterocycles. The Morgan fingerprint density at radius 1 is 1.25 bits per heavy atom. The predicted molar refractivity (Wildman–Crippen MR) is 45.4 cm³/mol. The lowest BCUT2D eigenvalue weighted by Gasteiger charge is -1.97. The number of hydrogen-bond donors (Lipinski definition) is 0. The minimum atomic E-state index is 0.300. The zero-order valence-electron chi connectivity index (χ0n) is 6.21. The first-order valence-corrected chi connectivity index (χ1v) is 3.84. The summed E-state index contributed by atoms with van der Waals surface area (Å²) in [5.41, 5.74) is 1.72. The molecule has 1 rings (SSSR count).